The Kier molecular flexibility index (Phi) is 4.95. The van der Waals surface area contributed by atoms with E-state index in [2.05, 4.69) is 11.4 Å². The molecule has 92 valence electrons. The minimum Gasteiger partial charge on any atom is -0.491 e. The number of aliphatic hydroxyl groups excluding tert-OH is 1. The lowest BCUT2D eigenvalue weighted by atomic mass is 10.1. The molecule has 0 bridgehead atoms. The van der Waals surface area contributed by atoms with Crippen LogP contribution in [0.4, 0.5) is 0 Å². The first-order valence-corrected chi connectivity index (χ1v) is 5.56. The molecule has 1 rings (SSSR count). The van der Waals surface area contributed by atoms with Gasteiger partial charge in [0.1, 0.15) is 17.9 Å². The molecule has 4 nitrogen and oxygen atoms in total. The van der Waals surface area contributed by atoms with Crippen LogP contribution in [0.2, 0.25) is 0 Å². The maximum Gasteiger partial charge on any atom is 0.137 e. The Hall–Kier alpha value is -1.57. The van der Waals surface area contributed by atoms with Crippen LogP contribution in [0.3, 0.4) is 0 Å². The summed E-state index contributed by atoms with van der Waals surface area (Å²) in [4.78, 5) is 0. The lowest BCUT2D eigenvalue weighted by Gasteiger charge is -2.20. The monoisotopic (exact) mass is 234 g/mol. The molecule has 0 aliphatic heterocycles. The molecule has 2 N–H and O–H groups in total. The van der Waals surface area contributed by atoms with Crippen LogP contribution >= 0.6 is 0 Å². The summed E-state index contributed by atoms with van der Waals surface area (Å²) >= 11 is 0. The van der Waals surface area contributed by atoms with Crippen molar-refractivity contribution in [3.63, 3.8) is 0 Å². The van der Waals surface area contributed by atoms with E-state index >= 15 is 0 Å². The number of nitrogens with one attached hydrogen (secondary N) is 1. The zero-order valence-corrected chi connectivity index (χ0v) is 10.2. The fourth-order valence-corrected chi connectivity index (χ4v) is 1.27. The van der Waals surface area contributed by atoms with Gasteiger partial charge in [0.2, 0.25) is 0 Å². The second kappa shape index (κ2) is 6.24. The van der Waals surface area contributed by atoms with Crippen LogP contribution in [0.1, 0.15) is 12.5 Å². The average molecular weight is 234 g/mol. The maximum atomic E-state index is 8.96. The van der Waals surface area contributed by atoms with Crippen molar-refractivity contribution in [1.29, 1.82) is 5.26 Å². The third-order valence-corrected chi connectivity index (χ3v) is 2.65. The van der Waals surface area contributed by atoms with Crippen molar-refractivity contribution in [1.82, 2.24) is 5.32 Å². The molecule has 0 saturated heterocycles. The second-order valence-electron chi connectivity index (χ2n) is 4.10. The molecule has 0 radical (unpaired) electrons. The van der Waals surface area contributed by atoms with E-state index in [1.807, 2.05) is 24.3 Å². The van der Waals surface area contributed by atoms with E-state index in [0.717, 1.165) is 11.3 Å². The number of likely N-dealkylation sites (N-methyl/N-ethyl adjacent to an activating group) is 1. The van der Waals surface area contributed by atoms with E-state index in [0.29, 0.717) is 13.0 Å². The summed E-state index contributed by atoms with van der Waals surface area (Å²) in [6.07, 6.45) is 0.646. The van der Waals surface area contributed by atoms with Gasteiger partial charge in [0.15, 0.2) is 0 Å². The molecule has 0 heterocycles. The van der Waals surface area contributed by atoms with Crippen molar-refractivity contribution in [2.45, 2.75) is 18.9 Å². The van der Waals surface area contributed by atoms with Crippen molar-refractivity contribution >= 4 is 0 Å². The zero-order chi connectivity index (χ0) is 12.7. The Balaban J connectivity index is 2.56. The Labute approximate surface area is 102 Å². The molecule has 1 aromatic carbocycles. The minimum atomic E-state index is -0.677. The third-order valence-electron chi connectivity index (χ3n) is 2.65. The first-order valence-electron chi connectivity index (χ1n) is 5.56. The number of nitrogens with zero attached hydrogens (tertiary/aromatic N) is 1. The molecular formula is C13H18N2O2. The molecule has 1 atom stereocenters. The lowest BCUT2D eigenvalue weighted by molar-refractivity contribution is 0.242. The van der Waals surface area contributed by atoms with Gasteiger partial charge in [-0.15, -0.1) is 0 Å². The smallest absolute Gasteiger partial charge is 0.137 e. The highest BCUT2D eigenvalue weighted by molar-refractivity contribution is 5.27. The number of nitriles is 1. The number of benzene rings is 1. The van der Waals surface area contributed by atoms with Crippen LogP contribution in [0.15, 0.2) is 24.3 Å². The standard InChI is InChI=1S/C13H18N2O2/c1-13(9-14,15-2)10-17-12-5-3-11(4-6-12)7-8-16/h3-6,15-16H,7-8,10H2,1-2H3. The van der Waals surface area contributed by atoms with Gasteiger partial charge in [-0.25, -0.2) is 0 Å². The normalized spacial score (nSPS) is 13.8. The highest BCUT2D eigenvalue weighted by atomic mass is 16.5. The Morgan fingerprint density at radius 3 is 2.53 bits per heavy atom. The predicted molar refractivity (Wildman–Crippen MR) is 65.8 cm³/mol. The molecule has 1 unspecified atom stereocenters. The van der Waals surface area contributed by atoms with E-state index in [-0.39, 0.29) is 6.61 Å². The zero-order valence-electron chi connectivity index (χ0n) is 10.2. The number of aliphatic hydroxyl groups is 1. The van der Waals surface area contributed by atoms with Crippen LogP contribution in [0, 0.1) is 11.3 Å². The van der Waals surface area contributed by atoms with Crippen molar-refractivity contribution in [3.05, 3.63) is 29.8 Å². The maximum absolute atomic E-state index is 8.96. The first-order chi connectivity index (χ1) is 8.13. The molecule has 0 aromatic heterocycles. The molecular weight excluding hydrogens is 216 g/mol. The summed E-state index contributed by atoms with van der Waals surface area (Å²) in [5.74, 6) is 0.725. The van der Waals surface area contributed by atoms with Gasteiger partial charge in [0.25, 0.3) is 0 Å². The van der Waals surface area contributed by atoms with Gasteiger partial charge in [-0.05, 0) is 38.1 Å². The fraction of sp³-hybridized carbons (Fsp3) is 0.462. The van der Waals surface area contributed by atoms with Gasteiger partial charge < -0.3 is 9.84 Å². The van der Waals surface area contributed by atoms with Gasteiger partial charge in [-0.2, -0.15) is 5.26 Å². The molecule has 0 spiro atoms. The summed E-state index contributed by atoms with van der Waals surface area (Å²) in [5, 5.41) is 20.7. The highest BCUT2D eigenvalue weighted by Gasteiger charge is 2.21. The van der Waals surface area contributed by atoms with Gasteiger partial charge in [0.05, 0.1) is 6.07 Å². The number of hydrogen-bond donors (Lipinski definition) is 2. The molecule has 0 aliphatic carbocycles. The second-order valence-corrected chi connectivity index (χ2v) is 4.10. The SMILES string of the molecule is CNC(C)(C#N)COc1ccc(CCO)cc1. The van der Waals surface area contributed by atoms with E-state index in [4.69, 9.17) is 15.1 Å². The van der Waals surface area contributed by atoms with E-state index in [1.165, 1.54) is 0 Å². The van der Waals surface area contributed by atoms with Crippen molar-refractivity contribution in [2.75, 3.05) is 20.3 Å². The van der Waals surface area contributed by atoms with Gasteiger partial charge in [-0.1, -0.05) is 12.1 Å². The third kappa shape index (κ3) is 4.06. The van der Waals surface area contributed by atoms with Crippen LogP contribution in [-0.4, -0.2) is 30.9 Å². The number of hydrogen-bond acceptors (Lipinski definition) is 4. The molecule has 0 saturated carbocycles. The van der Waals surface area contributed by atoms with E-state index in [1.54, 1.807) is 14.0 Å². The van der Waals surface area contributed by atoms with E-state index in [9.17, 15) is 0 Å². The average Bonchev–Trinajstić information content (AvgIpc) is 2.38. The highest BCUT2D eigenvalue weighted by Crippen LogP contribution is 2.14. The predicted octanol–water partition coefficient (Wildman–Crippen LogP) is 1.10. The largest absolute Gasteiger partial charge is 0.491 e. The Bertz CT molecular complexity index is 383. The Morgan fingerprint density at radius 2 is 2.06 bits per heavy atom. The van der Waals surface area contributed by atoms with Gasteiger partial charge >= 0.3 is 0 Å². The molecule has 0 amide bonds. The van der Waals surface area contributed by atoms with Crippen LogP contribution in [0.5, 0.6) is 5.75 Å². The topological polar surface area (TPSA) is 65.3 Å². The van der Waals surface area contributed by atoms with Crippen molar-refractivity contribution < 1.29 is 9.84 Å². The molecule has 17 heavy (non-hydrogen) atoms. The number of ether oxygens (including phenoxy) is 1. The minimum absolute atomic E-state index is 0.145. The van der Waals surface area contributed by atoms with Crippen LogP contribution in [0.25, 0.3) is 0 Å². The van der Waals surface area contributed by atoms with Gasteiger partial charge in [-0.3, -0.25) is 5.32 Å². The van der Waals surface area contributed by atoms with Gasteiger partial charge in [0, 0.05) is 6.61 Å². The number of rotatable bonds is 6. The summed E-state index contributed by atoms with van der Waals surface area (Å²) in [5.41, 5.74) is 0.389. The molecule has 0 aliphatic rings. The summed E-state index contributed by atoms with van der Waals surface area (Å²) in [6.45, 7) is 2.22. The summed E-state index contributed by atoms with van der Waals surface area (Å²) in [6, 6.07) is 9.67. The lowest BCUT2D eigenvalue weighted by Crippen LogP contribution is -2.43. The first kappa shape index (κ1) is 13.5. The Morgan fingerprint density at radius 1 is 1.41 bits per heavy atom. The van der Waals surface area contributed by atoms with Crippen molar-refractivity contribution in [2.24, 2.45) is 0 Å². The molecule has 1 aromatic rings. The van der Waals surface area contributed by atoms with Crippen LogP contribution in [-0.2, 0) is 6.42 Å². The quantitative estimate of drug-likeness (QED) is 0.773. The fourth-order valence-electron chi connectivity index (χ4n) is 1.27. The molecule has 4 heteroatoms. The molecule has 0 fully saturated rings. The summed E-state index contributed by atoms with van der Waals surface area (Å²) < 4.78 is 5.54. The summed E-state index contributed by atoms with van der Waals surface area (Å²) in [7, 11) is 1.73. The van der Waals surface area contributed by atoms with Crippen molar-refractivity contribution in [3.8, 4) is 11.8 Å². The van der Waals surface area contributed by atoms with Crippen LogP contribution < -0.4 is 10.1 Å². The van der Waals surface area contributed by atoms with E-state index < -0.39 is 5.54 Å².